The van der Waals surface area contributed by atoms with Crippen molar-refractivity contribution in [1.82, 2.24) is 5.32 Å². The van der Waals surface area contributed by atoms with Gasteiger partial charge in [-0.3, -0.25) is 0 Å². The first-order chi connectivity index (χ1) is 7.81. The highest BCUT2D eigenvalue weighted by molar-refractivity contribution is 9.10. The molecule has 90 valence electrons. The summed E-state index contributed by atoms with van der Waals surface area (Å²) in [4.78, 5) is 1.41. The first kappa shape index (κ1) is 12.6. The average Bonchev–Trinajstić information content (AvgIpc) is 2.73. The zero-order valence-electron chi connectivity index (χ0n) is 9.54. The summed E-state index contributed by atoms with van der Waals surface area (Å²) in [5.74, 6) is 0. The molecule has 0 spiro atoms. The van der Waals surface area contributed by atoms with Gasteiger partial charge in [0.25, 0.3) is 0 Å². The maximum Gasteiger partial charge on any atom is 0.0731 e. The summed E-state index contributed by atoms with van der Waals surface area (Å²) in [7, 11) is 2.03. The number of rotatable bonds is 4. The van der Waals surface area contributed by atoms with E-state index < -0.39 is 0 Å². The fourth-order valence-electron chi connectivity index (χ4n) is 2.17. The van der Waals surface area contributed by atoms with Gasteiger partial charge in [-0.05, 0) is 53.7 Å². The summed E-state index contributed by atoms with van der Waals surface area (Å²) >= 11 is 5.40. The van der Waals surface area contributed by atoms with Gasteiger partial charge in [0.2, 0.25) is 0 Å². The summed E-state index contributed by atoms with van der Waals surface area (Å²) < 4.78 is 7.08. The number of hydrogen-bond acceptors (Lipinski definition) is 3. The van der Waals surface area contributed by atoms with E-state index in [1.165, 1.54) is 28.6 Å². The smallest absolute Gasteiger partial charge is 0.0731 e. The molecule has 0 aromatic carbocycles. The van der Waals surface area contributed by atoms with Crippen molar-refractivity contribution in [3.05, 3.63) is 20.8 Å². The van der Waals surface area contributed by atoms with Crippen LogP contribution in [0.1, 0.15) is 24.1 Å². The Morgan fingerprint density at radius 3 is 3.06 bits per heavy atom. The van der Waals surface area contributed by atoms with Crippen molar-refractivity contribution in [3.8, 4) is 0 Å². The number of hydrogen-bond donors (Lipinski definition) is 1. The topological polar surface area (TPSA) is 21.3 Å². The minimum absolute atomic E-state index is 0.382. The predicted molar refractivity (Wildman–Crippen MR) is 72.2 cm³/mol. The van der Waals surface area contributed by atoms with Gasteiger partial charge in [0, 0.05) is 28.4 Å². The summed E-state index contributed by atoms with van der Waals surface area (Å²) in [6.45, 7) is 0.925. The number of thiophene rings is 1. The normalized spacial score (nSPS) is 23.2. The fraction of sp³-hybridized carbons (Fsp3) is 0.667. The van der Waals surface area contributed by atoms with Gasteiger partial charge < -0.3 is 10.1 Å². The molecule has 1 aromatic rings. The van der Waals surface area contributed by atoms with E-state index in [0.29, 0.717) is 12.1 Å². The van der Waals surface area contributed by atoms with E-state index in [2.05, 4.69) is 32.7 Å². The van der Waals surface area contributed by atoms with Crippen LogP contribution in [0, 0.1) is 0 Å². The number of halogens is 1. The Morgan fingerprint density at radius 2 is 2.50 bits per heavy atom. The summed E-state index contributed by atoms with van der Waals surface area (Å²) in [5, 5.41) is 5.53. The van der Waals surface area contributed by atoms with E-state index in [9.17, 15) is 0 Å². The highest BCUT2D eigenvalue weighted by Gasteiger charge is 2.24. The minimum atomic E-state index is 0.382. The third kappa shape index (κ3) is 3.06. The molecule has 0 radical (unpaired) electrons. The van der Waals surface area contributed by atoms with Crippen LogP contribution < -0.4 is 5.32 Å². The van der Waals surface area contributed by atoms with Gasteiger partial charge in [-0.25, -0.2) is 0 Å². The molecule has 0 aliphatic carbocycles. The van der Waals surface area contributed by atoms with Gasteiger partial charge in [-0.1, -0.05) is 0 Å². The maximum absolute atomic E-state index is 5.85. The fourth-order valence-corrected chi connectivity index (χ4v) is 3.75. The Hall–Kier alpha value is 0.1000. The molecule has 1 saturated heterocycles. The number of likely N-dealkylation sites (N-methyl/N-ethyl adjacent to an activating group) is 1. The van der Waals surface area contributed by atoms with E-state index in [0.717, 1.165) is 13.0 Å². The molecule has 0 bridgehead atoms. The maximum atomic E-state index is 5.85. The van der Waals surface area contributed by atoms with Crippen LogP contribution in [0.4, 0.5) is 0 Å². The summed E-state index contributed by atoms with van der Waals surface area (Å²) in [6, 6.07) is 2.56. The first-order valence-electron chi connectivity index (χ1n) is 5.82. The molecule has 1 N–H and O–H groups in total. The standard InChI is InChI=1S/C12H18BrNOS/c1-14-10(11-4-2-3-6-15-11)8-12-9(13)5-7-16-12/h5,7,10-11,14H,2-4,6,8H2,1H3. The van der Waals surface area contributed by atoms with Crippen molar-refractivity contribution < 1.29 is 4.74 Å². The molecule has 2 unspecified atom stereocenters. The van der Waals surface area contributed by atoms with Gasteiger partial charge in [0.05, 0.1) is 6.10 Å². The first-order valence-corrected chi connectivity index (χ1v) is 7.49. The highest BCUT2D eigenvalue weighted by Crippen LogP contribution is 2.26. The minimum Gasteiger partial charge on any atom is -0.377 e. The molecular formula is C12H18BrNOS. The van der Waals surface area contributed by atoms with Crippen molar-refractivity contribution in [1.29, 1.82) is 0 Å². The second-order valence-electron chi connectivity index (χ2n) is 4.20. The molecule has 2 atom stereocenters. The van der Waals surface area contributed by atoms with Crippen molar-refractivity contribution in [3.63, 3.8) is 0 Å². The lowest BCUT2D eigenvalue weighted by Crippen LogP contribution is -2.42. The van der Waals surface area contributed by atoms with Crippen molar-refractivity contribution >= 4 is 27.3 Å². The number of ether oxygens (including phenoxy) is 1. The van der Waals surface area contributed by atoms with Crippen LogP contribution in [0.25, 0.3) is 0 Å². The lowest BCUT2D eigenvalue weighted by atomic mass is 9.99. The van der Waals surface area contributed by atoms with Crippen LogP contribution in [0.2, 0.25) is 0 Å². The van der Waals surface area contributed by atoms with Crippen LogP contribution in [0.5, 0.6) is 0 Å². The predicted octanol–water partition coefficient (Wildman–Crippen LogP) is 3.21. The molecule has 2 nitrogen and oxygen atoms in total. The molecule has 2 rings (SSSR count). The SMILES string of the molecule is CNC(Cc1sccc1Br)C1CCCCO1. The van der Waals surface area contributed by atoms with E-state index in [1.807, 2.05) is 18.4 Å². The largest absolute Gasteiger partial charge is 0.377 e. The van der Waals surface area contributed by atoms with E-state index in [1.54, 1.807) is 0 Å². The third-order valence-electron chi connectivity index (χ3n) is 3.13. The average molecular weight is 304 g/mol. The van der Waals surface area contributed by atoms with E-state index in [-0.39, 0.29) is 0 Å². The van der Waals surface area contributed by atoms with Crippen LogP contribution in [-0.4, -0.2) is 25.8 Å². The van der Waals surface area contributed by atoms with E-state index in [4.69, 9.17) is 4.74 Å². The Bertz CT molecular complexity index is 323. The molecule has 1 aliphatic rings. The highest BCUT2D eigenvalue weighted by atomic mass is 79.9. The molecule has 0 amide bonds. The Labute approximate surface area is 110 Å². The van der Waals surface area contributed by atoms with Gasteiger partial charge in [0.1, 0.15) is 0 Å². The van der Waals surface area contributed by atoms with Gasteiger partial charge >= 0.3 is 0 Å². The van der Waals surface area contributed by atoms with Gasteiger partial charge in [0.15, 0.2) is 0 Å². The van der Waals surface area contributed by atoms with Crippen molar-refractivity contribution in [2.75, 3.05) is 13.7 Å². The molecular weight excluding hydrogens is 286 g/mol. The molecule has 2 heterocycles. The van der Waals surface area contributed by atoms with Crippen molar-refractivity contribution in [2.45, 2.75) is 37.8 Å². The van der Waals surface area contributed by atoms with Crippen molar-refractivity contribution in [2.24, 2.45) is 0 Å². The Morgan fingerprint density at radius 1 is 1.62 bits per heavy atom. The summed E-state index contributed by atoms with van der Waals surface area (Å²) in [5.41, 5.74) is 0. The molecule has 4 heteroatoms. The van der Waals surface area contributed by atoms with E-state index >= 15 is 0 Å². The van der Waals surface area contributed by atoms with Crippen LogP contribution in [-0.2, 0) is 11.2 Å². The zero-order valence-corrected chi connectivity index (χ0v) is 11.9. The van der Waals surface area contributed by atoms with Crippen LogP contribution in [0.15, 0.2) is 15.9 Å². The zero-order chi connectivity index (χ0) is 11.4. The van der Waals surface area contributed by atoms with Gasteiger partial charge in [-0.15, -0.1) is 11.3 Å². The van der Waals surface area contributed by atoms with Gasteiger partial charge in [-0.2, -0.15) is 0 Å². The molecule has 1 fully saturated rings. The second-order valence-corrected chi connectivity index (χ2v) is 6.05. The quantitative estimate of drug-likeness (QED) is 0.922. The lowest BCUT2D eigenvalue weighted by Gasteiger charge is -2.30. The van der Waals surface area contributed by atoms with Crippen LogP contribution >= 0.6 is 27.3 Å². The molecule has 1 aliphatic heterocycles. The monoisotopic (exact) mass is 303 g/mol. The molecule has 1 aromatic heterocycles. The third-order valence-corrected chi connectivity index (χ3v) is 5.08. The molecule has 16 heavy (non-hydrogen) atoms. The Balaban J connectivity index is 1.97. The lowest BCUT2D eigenvalue weighted by molar-refractivity contribution is -0.00574. The summed E-state index contributed by atoms with van der Waals surface area (Å²) in [6.07, 6.45) is 5.14. The van der Waals surface area contributed by atoms with Crippen LogP contribution in [0.3, 0.4) is 0 Å². The molecule has 0 saturated carbocycles. The second kappa shape index (κ2) is 6.15. The Kier molecular flexibility index (Phi) is 4.82. The number of nitrogens with one attached hydrogen (secondary N) is 1.